The fourth-order valence-electron chi connectivity index (χ4n) is 0.942. The SMILES string of the molecule is CN(Cc1ccccc1)C(=N)N. The molecule has 0 amide bonds. The lowest BCUT2D eigenvalue weighted by Gasteiger charge is -2.15. The summed E-state index contributed by atoms with van der Waals surface area (Å²) >= 11 is 0. The van der Waals surface area contributed by atoms with Gasteiger partial charge in [-0.2, -0.15) is 0 Å². The molecule has 0 saturated carbocycles. The average Bonchev–Trinajstić information content (AvgIpc) is 2.06. The van der Waals surface area contributed by atoms with E-state index in [9.17, 15) is 0 Å². The molecule has 0 radical (unpaired) electrons. The van der Waals surface area contributed by atoms with Gasteiger partial charge in [-0.1, -0.05) is 30.3 Å². The van der Waals surface area contributed by atoms with Crippen molar-refractivity contribution in [2.45, 2.75) is 6.54 Å². The summed E-state index contributed by atoms with van der Waals surface area (Å²) in [5.41, 5.74) is 6.46. The van der Waals surface area contributed by atoms with Gasteiger partial charge in [0.15, 0.2) is 5.96 Å². The van der Waals surface area contributed by atoms with Crippen molar-refractivity contribution in [3.05, 3.63) is 35.9 Å². The summed E-state index contributed by atoms with van der Waals surface area (Å²) < 4.78 is 0. The Morgan fingerprint density at radius 1 is 1.42 bits per heavy atom. The van der Waals surface area contributed by atoms with Gasteiger partial charge in [0, 0.05) is 13.6 Å². The Hall–Kier alpha value is -1.51. The van der Waals surface area contributed by atoms with E-state index in [1.807, 2.05) is 30.3 Å². The van der Waals surface area contributed by atoms with Gasteiger partial charge in [-0.3, -0.25) is 5.41 Å². The van der Waals surface area contributed by atoms with Crippen molar-refractivity contribution in [3.63, 3.8) is 0 Å². The van der Waals surface area contributed by atoms with Crippen LogP contribution in [0.3, 0.4) is 0 Å². The summed E-state index contributed by atoms with van der Waals surface area (Å²) in [7, 11) is 1.80. The smallest absolute Gasteiger partial charge is 0.188 e. The third-order valence-electron chi connectivity index (χ3n) is 1.67. The van der Waals surface area contributed by atoms with Crippen LogP contribution in [-0.4, -0.2) is 17.9 Å². The number of benzene rings is 1. The highest BCUT2D eigenvalue weighted by atomic mass is 15.2. The van der Waals surface area contributed by atoms with E-state index in [1.54, 1.807) is 11.9 Å². The van der Waals surface area contributed by atoms with Crippen LogP contribution in [-0.2, 0) is 6.54 Å². The van der Waals surface area contributed by atoms with Crippen LogP contribution in [0.2, 0.25) is 0 Å². The first kappa shape index (κ1) is 8.59. The Kier molecular flexibility index (Phi) is 2.69. The second-order valence-electron chi connectivity index (χ2n) is 2.73. The van der Waals surface area contributed by atoms with E-state index in [4.69, 9.17) is 11.1 Å². The highest BCUT2D eigenvalue weighted by Gasteiger charge is 1.99. The molecule has 64 valence electrons. The first-order chi connectivity index (χ1) is 5.70. The molecule has 12 heavy (non-hydrogen) atoms. The molecule has 0 fully saturated rings. The van der Waals surface area contributed by atoms with Crippen LogP contribution < -0.4 is 5.73 Å². The zero-order valence-corrected chi connectivity index (χ0v) is 7.12. The largest absolute Gasteiger partial charge is 0.370 e. The molecular weight excluding hydrogens is 150 g/mol. The van der Waals surface area contributed by atoms with E-state index in [2.05, 4.69) is 0 Å². The maximum absolute atomic E-state index is 7.15. The van der Waals surface area contributed by atoms with Crippen molar-refractivity contribution in [3.8, 4) is 0 Å². The van der Waals surface area contributed by atoms with Crippen molar-refractivity contribution in [2.24, 2.45) is 5.73 Å². The normalized spacial score (nSPS) is 9.42. The first-order valence-electron chi connectivity index (χ1n) is 3.79. The van der Waals surface area contributed by atoms with E-state index in [0.717, 1.165) is 5.56 Å². The molecule has 0 unspecified atom stereocenters. The minimum Gasteiger partial charge on any atom is -0.370 e. The molecule has 1 aromatic carbocycles. The molecular formula is C9H13N3. The average molecular weight is 163 g/mol. The molecule has 0 aliphatic rings. The molecule has 1 aromatic rings. The monoisotopic (exact) mass is 163 g/mol. The maximum atomic E-state index is 7.15. The Morgan fingerprint density at radius 3 is 2.50 bits per heavy atom. The van der Waals surface area contributed by atoms with Crippen molar-refractivity contribution >= 4 is 5.96 Å². The van der Waals surface area contributed by atoms with E-state index in [-0.39, 0.29) is 5.96 Å². The summed E-state index contributed by atoms with van der Waals surface area (Å²) in [6.45, 7) is 0.691. The Labute approximate surface area is 72.3 Å². The van der Waals surface area contributed by atoms with Gasteiger partial charge in [0.1, 0.15) is 0 Å². The lowest BCUT2D eigenvalue weighted by molar-refractivity contribution is 0.491. The van der Waals surface area contributed by atoms with Gasteiger partial charge in [-0.05, 0) is 5.56 Å². The number of nitrogens with one attached hydrogen (secondary N) is 1. The summed E-state index contributed by atoms with van der Waals surface area (Å²) in [5.74, 6) is 0.0962. The van der Waals surface area contributed by atoms with Crippen LogP contribution in [0.25, 0.3) is 0 Å². The second kappa shape index (κ2) is 3.76. The summed E-state index contributed by atoms with van der Waals surface area (Å²) in [6, 6.07) is 9.95. The zero-order chi connectivity index (χ0) is 8.97. The summed E-state index contributed by atoms with van der Waals surface area (Å²) in [4.78, 5) is 1.69. The highest BCUT2D eigenvalue weighted by Crippen LogP contribution is 2.01. The number of nitrogens with two attached hydrogens (primary N) is 1. The highest BCUT2D eigenvalue weighted by molar-refractivity contribution is 5.74. The fourth-order valence-corrected chi connectivity index (χ4v) is 0.942. The standard InChI is InChI=1S/C9H13N3/c1-12(9(10)11)7-8-5-3-2-4-6-8/h2-6H,7H2,1H3,(H3,10,11). The predicted molar refractivity (Wildman–Crippen MR) is 49.8 cm³/mol. The lowest BCUT2D eigenvalue weighted by atomic mass is 10.2. The molecule has 3 nitrogen and oxygen atoms in total. The minimum absolute atomic E-state index is 0.0962. The van der Waals surface area contributed by atoms with Crippen LogP contribution >= 0.6 is 0 Å². The maximum Gasteiger partial charge on any atom is 0.188 e. The van der Waals surface area contributed by atoms with E-state index >= 15 is 0 Å². The Morgan fingerprint density at radius 2 is 2.00 bits per heavy atom. The third-order valence-corrected chi connectivity index (χ3v) is 1.67. The lowest BCUT2D eigenvalue weighted by Crippen LogP contribution is -2.32. The van der Waals surface area contributed by atoms with Crippen molar-refractivity contribution in [1.82, 2.24) is 4.90 Å². The first-order valence-corrected chi connectivity index (χ1v) is 3.79. The summed E-state index contributed by atoms with van der Waals surface area (Å²) in [6.07, 6.45) is 0. The van der Waals surface area contributed by atoms with Crippen molar-refractivity contribution in [1.29, 1.82) is 5.41 Å². The topological polar surface area (TPSA) is 53.1 Å². The predicted octanol–water partition coefficient (Wildman–Crippen LogP) is 1.01. The number of rotatable bonds is 2. The third kappa shape index (κ3) is 2.27. The molecule has 0 spiro atoms. The van der Waals surface area contributed by atoms with Gasteiger partial charge in [0.25, 0.3) is 0 Å². The molecule has 0 bridgehead atoms. The van der Waals surface area contributed by atoms with Crippen LogP contribution in [0.5, 0.6) is 0 Å². The van der Waals surface area contributed by atoms with Gasteiger partial charge < -0.3 is 10.6 Å². The van der Waals surface area contributed by atoms with Gasteiger partial charge in [-0.15, -0.1) is 0 Å². The van der Waals surface area contributed by atoms with Crippen LogP contribution in [0.4, 0.5) is 0 Å². The van der Waals surface area contributed by atoms with Gasteiger partial charge in [0.05, 0.1) is 0 Å². The van der Waals surface area contributed by atoms with Crippen molar-refractivity contribution < 1.29 is 0 Å². The zero-order valence-electron chi connectivity index (χ0n) is 7.12. The van der Waals surface area contributed by atoms with Crippen LogP contribution in [0, 0.1) is 5.41 Å². The summed E-state index contributed by atoms with van der Waals surface area (Å²) in [5, 5.41) is 7.15. The van der Waals surface area contributed by atoms with Crippen LogP contribution in [0.15, 0.2) is 30.3 Å². The van der Waals surface area contributed by atoms with Gasteiger partial charge in [0.2, 0.25) is 0 Å². The van der Waals surface area contributed by atoms with E-state index in [1.165, 1.54) is 0 Å². The molecule has 0 saturated heterocycles. The molecule has 0 atom stereocenters. The molecule has 1 rings (SSSR count). The van der Waals surface area contributed by atoms with E-state index in [0.29, 0.717) is 6.54 Å². The Balaban J connectivity index is 2.58. The minimum atomic E-state index is 0.0962. The number of hydrogen-bond donors (Lipinski definition) is 2. The molecule has 3 N–H and O–H groups in total. The van der Waals surface area contributed by atoms with Gasteiger partial charge in [-0.25, -0.2) is 0 Å². The van der Waals surface area contributed by atoms with Crippen molar-refractivity contribution in [2.75, 3.05) is 7.05 Å². The Bertz CT molecular complexity index is 256. The number of guanidine groups is 1. The molecule has 3 heteroatoms. The number of nitrogens with zero attached hydrogens (tertiary/aromatic N) is 1. The van der Waals surface area contributed by atoms with E-state index < -0.39 is 0 Å². The van der Waals surface area contributed by atoms with Gasteiger partial charge >= 0.3 is 0 Å². The molecule has 0 aromatic heterocycles. The fraction of sp³-hybridized carbons (Fsp3) is 0.222. The number of hydrogen-bond acceptors (Lipinski definition) is 1. The molecule has 0 heterocycles. The molecule has 0 aliphatic heterocycles. The second-order valence-corrected chi connectivity index (χ2v) is 2.73. The van der Waals surface area contributed by atoms with Crippen LogP contribution in [0.1, 0.15) is 5.56 Å². The quantitative estimate of drug-likeness (QED) is 0.505. The molecule has 0 aliphatic carbocycles.